The molecule has 0 unspecified atom stereocenters. The molecule has 1 N–H and O–H groups in total. The highest BCUT2D eigenvalue weighted by atomic mass is 19.1. The van der Waals surface area contributed by atoms with Gasteiger partial charge in [0.25, 0.3) is 5.91 Å². The second kappa shape index (κ2) is 5.30. The Morgan fingerprint density at radius 2 is 2.08 bits per heavy atom. The standard InChI is InChI=1S/C9H10FNO.CH4/c1-2-11-9(12)7-5-3-4-6-8(7)10;/h3-6H,2H2,1H3,(H,11,12);1H4. The number of rotatable bonds is 2. The lowest BCUT2D eigenvalue weighted by molar-refractivity contribution is 0.0952. The molecule has 0 aliphatic carbocycles. The van der Waals surface area contributed by atoms with Gasteiger partial charge in [-0.2, -0.15) is 0 Å². The molecule has 1 aromatic carbocycles. The van der Waals surface area contributed by atoms with Gasteiger partial charge in [0.2, 0.25) is 0 Å². The van der Waals surface area contributed by atoms with Crippen molar-refractivity contribution in [2.45, 2.75) is 14.4 Å². The van der Waals surface area contributed by atoms with E-state index < -0.39 is 5.82 Å². The highest BCUT2D eigenvalue weighted by molar-refractivity contribution is 5.94. The van der Waals surface area contributed by atoms with Gasteiger partial charge in [0, 0.05) is 6.54 Å². The minimum absolute atomic E-state index is 0. The van der Waals surface area contributed by atoms with Crippen LogP contribution in [0.15, 0.2) is 24.3 Å². The Hall–Kier alpha value is -1.38. The third-order valence-electron chi connectivity index (χ3n) is 1.46. The molecule has 0 atom stereocenters. The van der Waals surface area contributed by atoms with Crippen LogP contribution >= 0.6 is 0 Å². The van der Waals surface area contributed by atoms with Gasteiger partial charge >= 0.3 is 0 Å². The van der Waals surface area contributed by atoms with Crippen molar-refractivity contribution >= 4 is 5.91 Å². The number of halogens is 1. The van der Waals surface area contributed by atoms with Crippen LogP contribution < -0.4 is 5.32 Å². The number of carbonyl (C=O) groups excluding carboxylic acids is 1. The van der Waals surface area contributed by atoms with Gasteiger partial charge in [-0.05, 0) is 19.1 Å². The first-order valence-electron chi connectivity index (χ1n) is 3.78. The zero-order chi connectivity index (χ0) is 8.97. The summed E-state index contributed by atoms with van der Waals surface area (Å²) in [7, 11) is 0. The molecule has 1 aromatic rings. The van der Waals surface area contributed by atoms with Gasteiger partial charge in [-0.1, -0.05) is 19.6 Å². The second-order valence-corrected chi connectivity index (χ2v) is 2.34. The largest absolute Gasteiger partial charge is 0.352 e. The number of hydrogen-bond acceptors (Lipinski definition) is 1. The zero-order valence-corrected chi connectivity index (χ0v) is 6.80. The van der Waals surface area contributed by atoms with Crippen LogP contribution in [0.25, 0.3) is 0 Å². The Labute approximate surface area is 77.8 Å². The molecule has 72 valence electrons. The van der Waals surface area contributed by atoms with Crippen LogP contribution in [0.5, 0.6) is 0 Å². The van der Waals surface area contributed by atoms with Gasteiger partial charge in [-0.25, -0.2) is 4.39 Å². The Morgan fingerprint density at radius 1 is 1.46 bits per heavy atom. The normalized spacial score (nSPS) is 8.77. The van der Waals surface area contributed by atoms with E-state index in [1.807, 2.05) is 0 Å². The predicted octanol–water partition coefficient (Wildman–Crippen LogP) is 2.21. The molecule has 1 rings (SSSR count). The SMILES string of the molecule is C.CCNC(=O)c1ccccc1F. The summed E-state index contributed by atoms with van der Waals surface area (Å²) in [6.45, 7) is 2.30. The van der Waals surface area contributed by atoms with Gasteiger partial charge in [0.1, 0.15) is 5.82 Å². The Morgan fingerprint density at radius 3 is 2.62 bits per heavy atom. The van der Waals surface area contributed by atoms with Crippen LogP contribution in [0.2, 0.25) is 0 Å². The summed E-state index contributed by atoms with van der Waals surface area (Å²) in [5, 5.41) is 2.52. The molecule has 0 aliphatic rings. The van der Waals surface area contributed by atoms with Crippen molar-refractivity contribution in [2.75, 3.05) is 6.54 Å². The van der Waals surface area contributed by atoms with Crippen LogP contribution in [0.3, 0.4) is 0 Å². The number of hydrogen-bond donors (Lipinski definition) is 1. The maximum absolute atomic E-state index is 12.9. The fourth-order valence-electron chi connectivity index (χ4n) is 0.901. The number of nitrogens with one attached hydrogen (secondary N) is 1. The molecule has 0 heterocycles. The first kappa shape index (κ1) is 11.6. The molecule has 0 aromatic heterocycles. The van der Waals surface area contributed by atoms with E-state index in [-0.39, 0.29) is 18.9 Å². The second-order valence-electron chi connectivity index (χ2n) is 2.34. The topological polar surface area (TPSA) is 29.1 Å². The average Bonchev–Trinajstić information content (AvgIpc) is 2.05. The summed E-state index contributed by atoms with van der Waals surface area (Å²) in [4.78, 5) is 11.1. The average molecular weight is 183 g/mol. The number of benzene rings is 1. The van der Waals surface area contributed by atoms with E-state index in [1.54, 1.807) is 19.1 Å². The molecule has 0 aliphatic heterocycles. The molecule has 0 saturated carbocycles. The fraction of sp³-hybridized carbons (Fsp3) is 0.300. The Kier molecular flexibility index (Phi) is 4.74. The van der Waals surface area contributed by atoms with E-state index in [2.05, 4.69) is 5.32 Å². The van der Waals surface area contributed by atoms with Crippen molar-refractivity contribution in [3.8, 4) is 0 Å². The minimum atomic E-state index is -0.483. The van der Waals surface area contributed by atoms with Gasteiger partial charge in [-0.15, -0.1) is 0 Å². The van der Waals surface area contributed by atoms with Crippen LogP contribution in [0, 0.1) is 5.82 Å². The van der Waals surface area contributed by atoms with Crippen molar-refractivity contribution in [1.82, 2.24) is 5.32 Å². The quantitative estimate of drug-likeness (QED) is 0.748. The zero-order valence-electron chi connectivity index (χ0n) is 6.80. The fourth-order valence-corrected chi connectivity index (χ4v) is 0.901. The lowest BCUT2D eigenvalue weighted by Crippen LogP contribution is -2.23. The maximum Gasteiger partial charge on any atom is 0.254 e. The molecular weight excluding hydrogens is 169 g/mol. The summed E-state index contributed by atoms with van der Waals surface area (Å²) in [5.74, 6) is -0.848. The summed E-state index contributed by atoms with van der Waals surface area (Å²) < 4.78 is 12.9. The summed E-state index contributed by atoms with van der Waals surface area (Å²) in [6.07, 6.45) is 0. The molecule has 13 heavy (non-hydrogen) atoms. The first-order chi connectivity index (χ1) is 5.75. The lowest BCUT2D eigenvalue weighted by atomic mass is 10.2. The smallest absolute Gasteiger partial charge is 0.254 e. The van der Waals surface area contributed by atoms with Gasteiger partial charge in [-0.3, -0.25) is 4.79 Å². The molecule has 0 radical (unpaired) electrons. The molecule has 0 bridgehead atoms. The minimum Gasteiger partial charge on any atom is -0.352 e. The van der Waals surface area contributed by atoms with E-state index in [0.29, 0.717) is 6.54 Å². The lowest BCUT2D eigenvalue weighted by Gasteiger charge is -2.01. The summed E-state index contributed by atoms with van der Waals surface area (Å²) >= 11 is 0. The van der Waals surface area contributed by atoms with Gasteiger partial charge in [0.15, 0.2) is 0 Å². The first-order valence-corrected chi connectivity index (χ1v) is 3.78. The van der Waals surface area contributed by atoms with E-state index in [1.165, 1.54) is 12.1 Å². The van der Waals surface area contributed by atoms with E-state index in [4.69, 9.17) is 0 Å². The van der Waals surface area contributed by atoms with Gasteiger partial charge < -0.3 is 5.32 Å². The van der Waals surface area contributed by atoms with Crippen molar-refractivity contribution in [1.29, 1.82) is 0 Å². The summed E-state index contributed by atoms with van der Waals surface area (Å²) in [6, 6.07) is 5.91. The van der Waals surface area contributed by atoms with E-state index >= 15 is 0 Å². The molecule has 0 fully saturated rings. The van der Waals surface area contributed by atoms with E-state index in [0.717, 1.165) is 0 Å². The third-order valence-corrected chi connectivity index (χ3v) is 1.46. The van der Waals surface area contributed by atoms with Crippen LogP contribution in [0.4, 0.5) is 4.39 Å². The predicted molar refractivity (Wildman–Crippen MR) is 51.1 cm³/mol. The highest BCUT2D eigenvalue weighted by Gasteiger charge is 2.07. The monoisotopic (exact) mass is 183 g/mol. The molecule has 0 spiro atoms. The molecule has 3 heteroatoms. The van der Waals surface area contributed by atoms with Crippen LogP contribution in [-0.4, -0.2) is 12.5 Å². The van der Waals surface area contributed by atoms with Crippen molar-refractivity contribution in [3.05, 3.63) is 35.6 Å². The van der Waals surface area contributed by atoms with Crippen molar-refractivity contribution < 1.29 is 9.18 Å². The van der Waals surface area contributed by atoms with Crippen molar-refractivity contribution in [3.63, 3.8) is 0 Å². The maximum atomic E-state index is 12.9. The highest BCUT2D eigenvalue weighted by Crippen LogP contribution is 2.05. The van der Waals surface area contributed by atoms with Crippen LogP contribution in [-0.2, 0) is 0 Å². The number of amides is 1. The molecular formula is C10H14FNO. The van der Waals surface area contributed by atoms with E-state index in [9.17, 15) is 9.18 Å². The molecule has 2 nitrogen and oxygen atoms in total. The Balaban J connectivity index is 0.00000144. The van der Waals surface area contributed by atoms with Crippen LogP contribution in [0.1, 0.15) is 24.7 Å². The molecule has 0 saturated heterocycles. The van der Waals surface area contributed by atoms with Crippen molar-refractivity contribution in [2.24, 2.45) is 0 Å². The Bertz CT molecular complexity index is 286. The summed E-state index contributed by atoms with van der Waals surface area (Å²) in [5.41, 5.74) is 0.0966. The third kappa shape index (κ3) is 2.86. The number of carbonyl (C=O) groups is 1. The molecule has 1 amide bonds. The van der Waals surface area contributed by atoms with Gasteiger partial charge in [0.05, 0.1) is 5.56 Å².